The number of carboxylic acid groups (broad SMARTS) is 1. The molecule has 3 aromatic carbocycles. The molecule has 0 atom stereocenters. The SMILES string of the molecule is O=C(O)c1cccc(CCc2cccc(NS(=O)(=O)c3ccccc3[N+](=O)[O-])c2)c1. The molecule has 3 aromatic rings. The van der Waals surface area contributed by atoms with Crippen LogP contribution in [0, 0.1) is 10.1 Å². The lowest BCUT2D eigenvalue weighted by atomic mass is 10.0. The van der Waals surface area contributed by atoms with Crippen LogP contribution in [0.4, 0.5) is 11.4 Å². The molecule has 0 unspecified atom stereocenters. The third-order valence-electron chi connectivity index (χ3n) is 4.41. The van der Waals surface area contributed by atoms with E-state index in [9.17, 15) is 23.3 Å². The average molecular weight is 426 g/mol. The Kier molecular flexibility index (Phi) is 6.12. The fraction of sp³-hybridized carbons (Fsp3) is 0.0952. The Bertz CT molecular complexity index is 1210. The molecule has 0 amide bonds. The fourth-order valence-corrected chi connectivity index (χ4v) is 4.21. The molecule has 0 saturated carbocycles. The molecule has 0 aliphatic carbocycles. The molecule has 0 aromatic heterocycles. The lowest BCUT2D eigenvalue weighted by Crippen LogP contribution is -2.14. The number of benzene rings is 3. The maximum atomic E-state index is 12.6. The normalized spacial score (nSPS) is 11.1. The Morgan fingerprint density at radius 2 is 1.57 bits per heavy atom. The molecule has 154 valence electrons. The van der Waals surface area contributed by atoms with Gasteiger partial charge in [-0.1, -0.05) is 36.4 Å². The Morgan fingerprint density at radius 3 is 2.23 bits per heavy atom. The molecular weight excluding hydrogens is 408 g/mol. The molecule has 0 heterocycles. The molecule has 0 bridgehead atoms. The van der Waals surface area contributed by atoms with Gasteiger partial charge in [-0.2, -0.15) is 0 Å². The lowest BCUT2D eigenvalue weighted by molar-refractivity contribution is -0.387. The van der Waals surface area contributed by atoms with E-state index in [2.05, 4.69) is 4.72 Å². The summed E-state index contributed by atoms with van der Waals surface area (Å²) in [7, 11) is -4.14. The molecule has 30 heavy (non-hydrogen) atoms. The van der Waals surface area contributed by atoms with Crippen LogP contribution in [0.15, 0.2) is 77.7 Å². The Balaban J connectivity index is 1.77. The maximum absolute atomic E-state index is 12.6. The summed E-state index contributed by atoms with van der Waals surface area (Å²) in [6, 6.07) is 18.5. The van der Waals surface area contributed by atoms with Gasteiger partial charge in [-0.05, 0) is 54.3 Å². The predicted octanol–water partition coefficient (Wildman–Crippen LogP) is 3.88. The predicted molar refractivity (Wildman–Crippen MR) is 111 cm³/mol. The van der Waals surface area contributed by atoms with Crippen molar-refractivity contribution in [2.75, 3.05) is 4.72 Å². The van der Waals surface area contributed by atoms with Gasteiger partial charge >= 0.3 is 5.97 Å². The van der Waals surface area contributed by atoms with Crippen molar-refractivity contribution in [3.63, 3.8) is 0 Å². The number of nitro benzene ring substituents is 1. The Hall–Kier alpha value is -3.72. The van der Waals surface area contributed by atoms with Gasteiger partial charge < -0.3 is 5.11 Å². The zero-order valence-electron chi connectivity index (χ0n) is 15.7. The Morgan fingerprint density at radius 1 is 0.933 bits per heavy atom. The van der Waals surface area contributed by atoms with Gasteiger partial charge in [0.25, 0.3) is 15.7 Å². The summed E-state index contributed by atoms with van der Waals surface area (Å²) < 4.78 is 27.7. The number of anilines is 1. The highest BCUT2D eigenvalue weighted by Gasteiger charge is 2.25. The average Bonchev–Trinajstić information content (AvgIpc) is 2.72. The lowest BCUT2D eigenvalue weighted by Gasteiger charge is -2.10. The van der Waals surface area contributed by atoms with Crippen LogP contribution in [0.25, 0.3) is 0 Å². The second-order valence-corrected chi connectivity index (χ2v) is 8.19. The highest BCUT2D eigenvalue weighted by atomic mass is 32.2. The molecule has 2 N–H and O–H groups in total. The van der Waals surface area contributed by atoms with Crippen LogP contribution in [0.3, 0.4) is 0 Å². The largest absolute Gasteiger partial charge is 0.478 e. The number of nitro groups is 1. The van der Waals surface area contributed by atoms with Crippen molar-refractivity contribution >= 4 is 27.4 Å². The molecule has 0 fully saturated rings. The molecule has 0 aliphatic heterocycles. The fourth-order valence-electron chi connectivity index (χ4n) is 2.98. The van der Waals surface area contributed by atoms with Gasteiger partial charge in [0.15, 0.2) is 4.90 Å². The monoisotopic (exact) mass is 426 g/mol. The topological polar surface area (TPSA) is 127 Å². The van der Waals surface area contributed by atoms with E-state index < -0.39 is 31.5 Å². The van der Waals surface area contributed by atoms with E-state index >= 15 is 0 Å². The highest BCUT2D eigenvalue weighted by Crippen LogP contribution is 2.25. The van der Waals surface area contributed by atoms with E-state index in [-0.39, 0.29) is 11.3 Å². The summed E-state index contributed by atoms with van der Waals surface area (Å²) in [4.78, 5) is 21.1. The van der Waals surface area contributed by atoms with Crippen molar-refractivity contribution in [3.8, 4) is 0 Å². The summed E-state index contributed by atoms with van der Waals surface area (Å²) >= 11 is 0. The van der Waals surface area contributed by atoms with Crippen LogP contribution in [0.1, 0.15) is 21.5 Å². The van der Waals surface area contributed by atoms with E-state index in [4.69, 9.17) is 5.11 Å². The van der Waals surface area contributed by atoms with Gasteiger partial charge in [0.05, 0.1) is 10.5 Å². The summed E-state index contributed by atoms with van der Waals surface area (Å²) in [6.45, 7) is 0. The number of sulfonamides is 1. The van der Waals surface area contributed by atoms with Crippen LogP contribution in [-0.4, -0.2) is 24.4 Å². The number of nitrogens with one attached hydrogen (secondary N) is 1. The first-order valence-electron chi connectivity index (χ1n) is 8.94. The van der Waals surface area contributed by atoms with Crippen molar-refractivity contribution in [1.29, 1.82) is 0 Å². The van der Waals surface area contributed by atoms with E-state index in [0.717, 1.165) is 17.2 Å². The van der Waals surface area contributed by atoms with E-state index in [0.29, 0.717) is 12.8 Å². The molecule has 0 saturated heterocycles. The van der Waals surface area contributed by atoms with Gasteiger partial charge in [-0.15, -0.1) is 0 Å². The standard InChI is InChI=1S/C21H18N2O6S/c24-21(25)17-7-3-5-15(13-17)11-12-16-6-4-8-18(14-16)22-30(28,29)20-10-2-1-9-19(20)23(26)27/h1-10,13-14,22H,11-12H2,(H,24,25). The number of aryl methyl sites for hydroxylation is 2. The van der Waals surface area contributed by atoms with Crippen LogP contribution in [0.2, 0.25) is 0 Å². The van der Waals surface area contributed by atoms with Gasteiger partial charge in [-0.25, -0.2) is 13.2 Å². The molecule has 0 aliphatic rings. The van der Waals surface area contributed by atoms with E-state index in [1.807, 2.05) is 12.1 Å². The van der Waals surface area contributed by atoms with Gasteiger partial charge in [0.1, 0.15) is 0 Å². The first-order valence-corrected chi connectivity index (χ1v) is 10.4. The summed E-state index contributed by atoms with van der Waals surface area (Å²) in [5, 5.41) is 20.2. The second kappa shape index (κ2) is 8.75. The summed E-state index contributed by atoms with van der Waals surface area (Å²) in [5.41, 5.74) is 1.67. The second-order valence-electron chi connectivity index (χ2n) is 6.54. The minimum absolute atomic E-state index is 0.207. The minimum Gasteiger partial charge on any atom is -0.478 e. The van der Waals surface area contributed by atoms with Crippen molar-refractivity contribution in [2.24, 2.45) is 0 Å². The third-order valence-corrected chi connectivity index (χ3v) is 5.84. The van der Waals surface area contributed by atoms with Crippen molar-refractivity contribution in [3.05, 3.63) is 99.6 Å². The van der Waals surface area contributed by atoms with Crippen LogP contribution < -0.4 is 4.72 Å². The zero-order chi connectivity index (χ0) is 21.7. The van der Waals surface area contributed by atoms with Crippen LogP contribution in [-0.2, 0) is 22.9 Å². The van der Waals surface area contributed by atoms with Crippen LogP contribution in [0.5, 0.6) is 0 Å². The molecule has 3 rings (SSSR count). The zero-order valence-corrected chi connectivity index (χ0v) is 16.5. The van der Waals surface area contributed by atoms with E-state index in [1.165, 1.54) is 24.3 Å². The molecule has 8 nitrogen and oxygen atoms in total. The van der Waals surface area contributed by atoms with Crippen molar-refractivity contribution in [1.82, 2.24) is 0 Å². The number of hydrogen-bond donors (Lipinski definition) is 2. The molecule has 0 radical (unpaired) electrons. The highest BCUT2D eigenvalue weighted by molar-refractivity contribution is 7.92. The first-order chi connectivity index (χ1) is 14.3. The smallest absolute Gasteiger partial charge is 0.335 e. The third kappa shape index (κ3) is 5.00. The van der Waals surface area contributed by atoms with Gasteiger partial charge in [-0.3, -0.25) is 14.8 Å². The number of hydrogen-bond acceptors (Lipinski definition) is 5. The van der Waals surface area contributed by atoms with Gasteiger partial charge in [0.2, 0.25) is 0 Å². The van der Waals surface area contributed by atoms with E-state index in [1.54, 1.807) is 30.3 Å². The number of aromatic carboxylic acids is 1. The van der Waals surface area contributed by atoms with Crippen LogP contribution >= 0.6 is 0 Å². The number of carboxylic acids is 1. The Labute approximate surface area is 173 Å². The minimum atomic E-state index is -4.14. The van der Waals surface area contributed by atoms with Gasteiger partial charge in [0, 0.05) is 11.8 Å². The molecule has 0 spiro atoms. The maximum Gasteiger partial charge on any atom is 0.335 e. The number of nitrogens with zero attached hydrogens (tertiary/aromatic N) is 1. The quantitative estimate of drug-likeness (QED) is 0.416. The van der Waals surface area contributed by atoms with Crippen molar-refractivity contribution in [2.45, 2.75) is 17.7 Å². The molecular formula is C21H18N2O6S. The summed E-state index contributed by atoms with van der Waals surface area (Å²) in [6.07, 6.45) is 1.13. The number of rotatable bonds is 8. The first kappa shape index (κ1) is 21.0. The molecule has 9 heteroatoms. The van der Waals surface area contributed by atoms with Crippen molar-refractivity contribution < 1.29 is 23.2 Å². The summed E-state index contributed by atoms with van der Waals surface area (Å²) in [5.74, 6) is -0.997. The number of carbonyl (C=O) groups is 1. The number of para-hydroxylation sites is 1.